The van der Waals surface area contributed by atoms with E-state index in [0.29, 0.717) is 20.9 Å². The number of benzene rings is 1. The molecule has 1 fully saturated rings. The maximum absolute atomic E-state index is 13.0. The van der Waals surface area contributed by atoms with Gasteiger partial charge in [-0.3, -0.25) is 4.79 Å². The Kier molecular flexibility index (Phi) is 6.18. The van der Waals surface area contributed by atoms with Gasteiger partial charge in [-0.25, -0.2) is 9.97 Å². The van der Waals surface area contributed by atoms with Gasteiger partial charge in [0.25, 0.3) is 5.91 Å². The third kappa shape index (κ3) is 4.53. The van der Waals surface area contributed by atoms with Crippen molar-refractivity contribution in [2.75, 3.05) is 43.9 Å². The Labute approximate surface area is 197 Å². The molecule has 9 heteroatoms. The van der Waals surface area contributed by atoms with Gasteiger partial charge in [0.05, 0.1) is 17.5 Å². The van der Waals surface area contributed by atoms with Gasteiger partial charge in [-0.05, 0) is 49.4 Å². The zero-order chi connectivity index (χ0) is 22.9. The Balaban J connectivity index is 1.28. The van der Waals surface area contributed by atoms with E-state index >= 15 is 0 Å². The molecule has 1 saturated heterocycles. The van der Waals surface area contributed by atoms with E-state index in [1.54, 1.807) is 13.3 Å². The number of carbonyl (C=O) groups excluding carboxylic acids is 1. The summed E-state index contributed by atoms with van der Waals surface area (Å²) in [4.78, 5) is 25.4. The third-order valence-corrected chi connectivity index (χ3v) is 7.66. The van der Waals surface area contributed by atoms with Crippen LogP contribution in [0, 0.1) is 6.92 Å². The van der Waals surface area contributed by atoms with E-state index in [-0.39, 0.29) is 18.1 Å². The number of aromatic nitrogens is 2. The van der Waals surface area contributed by atoms with Gasteiger partial charge in [0.1, 0.15) is 15.2 Å². The Bertz CT molecular complexity index is 1180. The minimum absolute atomic E-state index is 0.0865. The molecule has 4 N–H and O–H groups in total. The van der Waals surface area contributed by atoms with Crippen molar-refractivity contribution >= 4 is 39.0 Å². The Morgan fingerprint density at radius 2 is 2.24 bits per heavy atom. The molecule has 174 valence electrons. The average Bonchev–Trinajstić information content (AvgIpc) is 2.98. The molecule has 1 unspecified atom stereocenters. The highest BCUT2D eigenvalue weighted by atomic mass is 32.1. The van der Waals surface area contributed by atoms with Crippen LogP contribution in [-0.2, 0) is 17.6 Å². The zero-order valence-electron chi connectivity index (χ0n) is 19.1. The van der Waals surface area contributed by atoms with Crippen molar-refractivity contribution in [1.29, 1.82) is 0 Å². The van der Waals surface area contributed by atoms with Gasteiger partial charge >= 0.3 is 0 Å². The monoisotopic (exact) mass is 466 g/mol. The molecule has 3 heterocycles. The smallest absolute Gasteiger partial charge is 0.263 e. The molecule has 3 aromatic rings. The number of hydrogen-bond donors (Lipinski definition) is 3. The van der Waals surface area contributed by atoms with Crippen molar-refractivity contribution in [2.24, 2.45) is 0 Å². The number of nitrogens with one attached hydrogen (secondary N) is 2. The van der Waals surface area contributed by atoms with Crippen molar-refractivity contribution in [3.8, 4) is 0 Å². The van der Waals surface area contributed by atoms with Crippen molar-refractivity contribution in [3.63, 3.8) is 0 Å². The summed E-state index contributed by atoms with van der Waals surface area (Å²) in [6.07, 6.45) is 4.54. The van der Waals surface area contributed by atoms with Crippen LogP contribution in [0.4, 0.5) is 11.4 Å². The third-order valence-electron chi connectivity index (χ3n) is 6.57. The van der Waals surface area contributed by atoms with E-state index in [1.165, 1.54) is 28.2 Å². The van der Waals surface area contributed by atoms with Gasteiger partial charge in [0, 0.05) is 51.2 Å². The molecule has 2 aromatic heterocycles. The van der Waals surface area contributed by atoms with Gasteiger partial charge < -0.3 is 26.0 Å². The van der Waals surface area contributed by atoms with Crippen LogP contribution in [0.15, 0.2) is 24.4 Å². The molecule has 1 amide bonds. The van der Waals surface area contributed by atoms with Crippen LogP contribution in [0.1, 0.15) is 32.9 Å². The molecular weight excluding hydrogens is 436 g/mol. The topological polar surface area (TPSA) is 105 Å². The summed E-state index contributed by atoms with van der Waals surface area (Å²) >= 11 is 1.31. The van der Waals surface area contributed by atoms with Crippen LogP contribution < -0.4 is 21.3 Å². The molecule has 0 spiro atoms. The summed E-state index contributed by atoms with van der Waals surface area (Å²) in [7, 11) is 1.78. The standard InChI is InChI=1S/C24H30N6O2S/c1-14-11-27-21-20(25)22(33-24(21)28-14)23(31)29-17-5-3-16-10-18(6-4-15(16)9-17)30-8-7-26-12-19(13-30)32-2/h4,6,10-11,17,19,26H,3,5,7-9,12-13,25H2,1-2H3,(H,29,31)/t17-,19?/m1/s1. The lowest BCUT2D eigenvalue weighted by molar-refractivity contribution is 0.0938. The quantitative estimate of drug-likeness (QED) is 0.542. The number of aryl methyl sites for hydroxylation is 2. The predicted octanol–water partition coefficient (Wildman–Crippen LogP) is 2.29. The number of anilines is 2. The fourth-order valence-corrected chi connectivity index (χ4v) is 5.72. The number of rotatable bonds is 4. The predicted molar refractivity (Wildman–Crippen MR) is 132 cm³/mol. The number of nitrogen functional groups attached to an aromatic ring is 1. The summed E-state index contributed by atoms with van der Waals surface area (Å²) in [6, 6.07) is 6.82. The number of nitrogens with two attached hydrogens (primary N) is 1. The number of fused-ring (bicyclic) bond motifs is 2. The van der Waals surface area contributed by atoms with Gasteiger partial charge in [-0.1, -0.05) is 6.07 Å². The van der Waals surface area contributed by atoms with Gasteiger partial charge in [0.15, 0.2) is 0 Å². The number of amides is 1. The van der Waals surface area contributed by atoms with Crippen LogP contribution in [0.2, 0.25) is 0 Å². The molecule has 33 heavy (non-hydrogen) atoms. The van der Waals surface area contributed by atoms with Crippen LogP contribution in [0.5, 0.6) is 0 Å². The van der Waals surface area contributed by atoms with Crippen LogP contribution >= 0.6 is 11.3 Å². The second kappa shape index (κ2) is 9.24. The second-order valence-corrected chi connectivity index (χ2v) is 9.88. The molecule has 0 saturated carbocycles. The molecule has 5 rings (SSSR count). The Hall–Kier alpha value is -2.75. The van der Waals surface area contributed by atoms with Gasteiger partial charge in [0.2, 0.25) is 0 Å². The SMILES string of the molecule is COC1CNCCN(c2ccc3c(c2)CC[C@@H](NC(=O)c2sc4nc(C)cnc4c2N)C3)C1. The summed E-state index contributed by atoms with van der Waals surface area (Å²) in [6.45, 7) is 5.58. The second-order valence-electron chi connectivity index (χ2n) is 8.88. The van der Waals surface area contributed by atoms with E-state index in [9.17, 15) is 4.79 Å². The van der Waals surface area contributed by atoms with Crippen molar-refractivity contribution < 1.29 is 9.53 Å². The first-order valence-electron chi connectivity index (χ1n) is 11.4. The van der Waals surface area contributed by atoms with E-state index in [4.69, 9.17) is 10.5 Å². The minimum atomic E-state index is -0.136. The van der Waals surface area contributed by atoms with E-state index in [2.05, 4.69) is 43.7 Å². The molecule has 2 aliphatic rings. The molecule has 2 atom stereocenters. The minimum Gasteiger partial charge on any atom is -0.396 e. The normalized spacial score (nSPS) is 21.0. The fraction of sp³-hybridized carbons (Fsp3) is 0.458. The fourth-order valence-electron chi connectivity index (χ4n) is 4.72. The van der Waals surface area contributed by atoms with Crippen molar-refractivity contribution in [2.45, 2.75) is 38.3 Å². The lowest BCUT2D eigenvalue weighted by atomic mass is 9.87. The van der Waals surface area contributed by atoms with Crippen molar-refractivity contribution in [3.05, 3.63) is 46.1 Å². The lowest BCUT2D eigenvalue weighted by Crippen LogP contribution is -2.39. The molecule has 1 aliphatic heterocycles. The van der Waals surface area contributed by atoms with Gasteiger partial charge in [-0.2, -0.15) is 0 Å². The first-order valence-corrected chi connectivity index (χ1v) is 12.3. The Morgan fingerprint density at radius 3 is 3.09 bits per heavy atom. The average molecular weight is 467 g/mol. The molecule has 0 radical (unpaired) electrons. The number of ether oxygens (including phenoxy) is 1. The largest absolute Gasteiger partial charge is 0.396 e. The maximum atomic E-state index is 13.0. The molecule has 1 aliphatic carbocycles. The summed E-state index contributed by atoms with van der Waals surface area (Å²) in [5.74, 6) is -0.136. The number of nitrogens with zero attached hydrogens (tertiary/aromatic N) is 3. The van der Waals surface area contributed by atoms with E-state index < -0.39 is 0 Å². The first kappa shape index (κ1) is 22.1. The number of methoxy groups -OCH3 is 1. The maximum Gasteiger partial charge on any atom is 0.263 e. The number of thiophene rings is 1. The highest BCUT2D eigenvalue weighted by Crippen LogP contribution is 2.32. The van der Waals surface area contributed by atoms with Crippen LogP contribution in [0.3, 0.4) is 0 Å². The molecule has 8 nitrogen and oxygen atoms in total. The number of carbonyl (C=O) groups is 1. The zero-order valence-corrected chi connectivity index (χ0v) is 19.9. The summed E-state index contributed by atoms with van der Waals surface area (Å²) in [5, 5.41) is 6.63. The first-order chi connectivity index (χ1) is 16.0. The van der Waals surface area contributed by atoms with Gasteiger partial charge in [-0.15, -0.1) is 11.3 Å². The Morgan fingerprint density at radius 1 is 1.36 bits per heavy atom. The summed E-state index contributed by atoms with van der Waals surface area (Å²) < 4.78 is 5.60. The van der Waals surface area contributed by atoms with E-state index in [1.807, 2.05) is 6.92 Å². The highest BCUT2D eigenvalue weighted by Gasteiger charge is 2.25. The molecule has 0 bridgehead atoms. The van der Waals surface area contributed by atoms with E-state index in [0.717, 1.165) is 51.1 Å². The highest BCUT2D eigenvalue weighted by molar-refractivity contribution is 7.21. The number of hydrogen-bond acceptors (Lipinski definition) is 8. The lowest BCUT2D eigenvalue weighted by Gasteiger charge is -2.29. The molecule has 1 aromatic carbocycles. The molecular formula is C24H30N6O2S. The van der Waals surface area contributed by atoms with Crippen LogP contribution in [0.25, 0.3) is 10.3 Å². The summed E-state index contributed by atoms with van der Waals surface area (Å²) in [5.41, 5.74) is 12.0. The van der Waals surface area contributed by atoms with Crippen LogP contribution in [-0.4, -0.2) is 61.3 Å². The van der Waals surface area contributed by atoms with Crippen molar-refractivity contribution in [1.82, 2.24) is 20.6 Å².